The molecule has 2 aromatic rings. The van der Waals surface area contributed by atoms with Crippen molar-refractivity contribution in [2.45, 2.75) is 48.9 Å². The molecule has 1 fully saturated rings. The summed E-state index contributed by atoms with van der Waals surface area (Å²) < 4.78 is 53.3. The van der Waals surface area contributed by atoms with Gasteiger partial charge in [0.2, 0.25) is 10.0 Å². The summed E-state index contributed by atoms with van der Waals surface area (Å²) in [5, 5.41) is -1.06. The topological polar surface area (TPSA) is 71.3 Å². The molecule has 0 N–H and O–H groups in total. The summed E-state index contributed by atoms with van der Waals surface area (Å²) in [6, 6.07) is 12.4. The summed E-state index contributed by atoms with van der Waals surface area (Å²) in [5.74, 6) is -0.111. The number of sulfonamides is 1. The zero-order valence-corrected chi connectivity index (χ0v) is 16.9. The summed E-state index contributed by atoms with van der Waals surface area (Å²) in [4.78, 5) is 0.274. The normalized spacial score (nSPS) is 23.2. The van der Waals surface area contributed by atoms with Crippen LogP contribution >= 0.6 is 0 Å². The van der Waals surface area contributed by atoms with E-state index in [9.17, 15) is 16.8 Å². The minimum atomic E-state index is -3.87. The third-order valence-corrected chi connectivity index (χ3v) is 8.79. The predicted molar refractivity (Wildman–Crippen MR) is 101 cm³/mol. The van der Waals surface area contributed by atoms with E-state index in [-0.39, 0.29) is 15.7 Å². The maximum Gasteiger partial charge on any atom is 0.244 e. The number of rotatable bonds is 5. The number of benzene rings is 2. The molecule has 26 heavy (non-hydrogen) atoms. The summed E-state index contributed by atoms with van der Waals surface area (Å²) >= 11 is 0. The molecule has 3 atom stereocenters. The Hall–Kier alpha value is -1.70. The second-order valence-corrected chi connectivity index (χ2v) is 11.0. The number of sulfone groups is 1. The fourth-order valence-corrected chi connectivity index (χ4v) is 7.60. The van der Waals surface area contributed by atoms with Crippen LogP contribution in [0.2, 0.25) is 0 Å². The first-order valence-electron chi connectivity index (χ1n) is 8.47. The van der Waals surface area contributed by atoms with Crippen molar-refractivity contribution in [3.8, 4) is 0 Å². The quantitative estimate of drug-likeness (QED) is 0.732. The van der Waals surface area contributed by atoms with E-state index in [1.807, 2.05) is 27.7 Å². The van der Waals surface area contributed by atoms with Gasteiger partial charge in [0, 0.05) is 0 Å². The molecular weight excluding hydrogens is 370 g/mol. The lowest BCUT2D eigenvalue weighted by Crippen LogP contribution is -2.20. The molecule has 5 nitrogen and oxygen atoms in total. The standard InChI is InChI=1S/C19H23NO4S2/c1-13(2)18-19(25(21,22)16-9-5-14(3)6-10-16)20(18)26(23,24)17-11-7-15(4)8-12-17/h5-13,18-19H,1-4H3/t18-,19+,20?/m0/s1. The first-order valence-corrected chi connectivity index (χ1v) is 11.5. The molecule has 0 amide bonds. The molecule has 140 valence electrons. The number of nitrogens with zero attached hydrogens (tertiary/aromatic N) is 1. The summed E-state index contributed by atoms with van der Waals surface area (Å²) in [6.45, 7) is 7.42. The minimum Gasteiger partial charge on any atom is -0.222 e. The van der Waals surface area contributed by atoms with E-state index >= 15 is 0 Å². The molecular formula is C19H23NO4S2. The van der Waals surface area contributed by atoms with Crippen LogP contribution in [0.25, 0.3) is 0 Å². The Kier molecular flexibility index (Phi) is 4.75. The molecule has 0 aliphatic carbocycles. The van der Waals surface area contributed by atoms with Crippen molar-refractivity contribution >= 4 is 19.9 Å². The molecule has 7 heteroatoms. The van der Waals surface area contributed by atoms with E-state index < -0.39 is 31.3 Å². The van der Waals surface area contributed by atoms with E-state index in [2.05, 4.69) is 0 Å². The van der Waals surface area contributed by atoms with Crippen LogP contribution < -0.4 is 0 Å². The van der Waals surface area contributed by atoms with Crippen molar-refractivity contribution in [1.82, 2.24) is 4.31 Å². The van der Waals surface area contributed by atoms with Crippen LogP contribution in [0.15, 0.2) is 58.3 Å². The lowest BCUT2D eigenvalue weighted by molar-refractivity contribution is 0.517. The highest BCUT2D eigenvalue weighted by Gasteiger charge is 2.63. The third kappa shape index (κ3) is 3.19. The van der Waals surface area contributed by atoms with E-state index in [0.29, 0.717) is 0 Å². The van der Waals surface area contributed by atoms with Crippen molar-refractivity contribution in [3.05, 3.63) is 59.7 Å². The maximum atomic E-state index is 13.1. The molecule has 1 heterocycles. The molecule has 3 rings (SSSR count). The van der Waals surface area contributed by atoms with Crippen LogP contribution in [0.5, 0.6) is 0 Å². The Morgan fingerprint density at radius 2 is 1.19 bits per heavy atom. The van der Waals surface area contributed by atoms with Gasteiger partial charge in [-0.25, -0.2) is 16.8 Å². The molecule has 1 aliphatic heterocycles. The molecule has 1 unspecified atom stereocenters. The fourth-order valence-electron chi connectivity index (χ4n) is 3.15. The average Bonchev–Trinajstić information content (AvgIpc) is 3.33. The van der Waals surface area contributed by atoms with Crippen LogP contribution in [-0.2, 0) is 19.9 Å². The summed E-state index contributed by atoms with van der Waals surface area (Å²) in [7, 11) is -7.65. The SMILES string of the molecule is Cc1ccc(S(=O)(=O)[C@@H]2[C@H](C(C)C)N2S(=O)(=O)c2ccc(C)cc2)cc1. The summed E-state index contributed by atoms with van der Waals surface area (Å²) in [5.41, 5.74) is 1.89. The van der Waals surface area contributed by atoms with Gasteiger partial charge in [-0.2, -0.15) is 4.31 Å². The van der Waals surface area contributed by atoms with Crippen LogP contribution in [-0.4, -0.2) is 32.6 Å². The third-order valence-electron chi connectivity index (χ3n) is 4.69. The van der Waals surface area contributed by atoms with E-state index in [4.69, 9.17) is 0 Å². The van der Waals surface area contributed by atoms with Crippen molar-refractivity contribution in [1.29, 1.82) is 0 Å². The Morgan fingerprint density at radius 3 is 1.62 bits per heavy atom. The molecule has 0 saturated carbocycles. The van der Waals surface area contributed by atoms with Crippen molar-refractivity contribution < 1.29 is 16.8 Å². The van der Waals surface area contributed by atoms with E-state index in [1.54, 1.807) is 24.3 Å². The first-order chi connectivity index (χ1) is 12.1. The molecule has 1 aliphatic rings. The zero-order chi connectivity index (χ0) is 19.3. The van der Waals surface area contributed by atoms with Gasteiger partial charge >= 0.3 is 0 Å². The highest BCUT2D eigenvalue weighted by molar-refractivity contribution is 7.95. The zero-order valence-electron chi connectivity index (χ0n) is 15.2. The van der Waals surface area contributed by atoms with Gasteiger partial charge in [0.1, 0.15) is 5.37 Å². The van der Waals surface area contributed by atoms with Gasteiger partial charge in [-0.15, -0.1) is 0 Å². The van der Waals surface area contributed by atoms with Crippen LogP contribution in [0.4, 0.5) is 0 Å². The highest BCUT2D eigenvalue weighted by atomic mass is 32.2. The number of hydrogen-bond acceptors (Lipinski definition) is 4. The van der Waals surface area contributed by atoms with Gasteiger partial charge in [0.15, 0.2) is 9.84 Å². The molecule has 0 radical (unpaired) electrons. The van der Waals surface area contributed by atoms with Gasteiger partial charge in [0.25, 0.3) is 0 Å². The van der Waals surface area contributed by atoms with E-state index in [0.717, 1.165) is 15.4 Å². The Morgan fingerprint density at radius 1 is 0.769 bits per heavy atom. The second kappa shape index (κ2) is 6.48. The van der Waals surface area contributed by atoms with Crippen LogP contribution in [0.3, 0.4) is 0 Å². The predicted octanol–water partition coefficient (Wildman–Crippen LogP) is 3.13. The molecule has 0 bridgehead atoms. The number of hydrogen-bond donors (Lipinski definition) is 0. The average molecular weight is 394 g/mol. The van der Waals surface area contributed by atoms with Gasteiger partial charge in [-0.05, 0) is 44.0 Å². The molecule has 2 aromatic carbocycles. The first kappa shape index (κ1) is 19.1. The molecule has 0 aromatic heterocycles. The number of aryl methyl sites for hydroxylation is 2. The van der Waals surface area contributed by atoms with Crippen molar-refractivity contribution in [2.24, 2.45) is 5.92 Å². The van der Waals surface area contributed by atoms with Gasteiger partial charge in [-0.3, -0.25) is 0 Å². The van der Waals surface area contributed by atoms with Gasteiger partial charge in [0.05, 0.1) is 15.8 Å². The Labute approximate surface area is 155 Å². The second-order valence-electron chi connectivity index (χ2n) is 7.13. The maximum absolute atomic E-state index is 13.1. The Bertz CT molecular complexity index is 927. The monoisotopic (exact) mass is 393 g/mol. The van der Waals surface area contributed by atoms with Crippen molar-refractivity contribution in [3.63, 3.8) is 0 Å². The largest absolute Gasteiger partial charge is 0.244 e. The molecule has 1 saturated heterocycles. The minimum absolute atomic E-state index is 0.111. The lowest BCUT2D eigenvalue weighted by atomic mass is 10.1. The van der Waals surface area contributed by atoms with E-state index in [1.165, 1.54) is 24.3 Å². The van der Waals surface area contributed by atoms with Crippen molar-refractivity contribution in [2.75, 3.05) is 0 Å². The van der Waals surface area contributed by atoms with Crippen LogP contribution in [0.1, 0.15) is 25.0 Å². The fraction of sp³-hybridized carbons (Fsp3) is 0.368. The summed E-state index contributed by atoms with van der Waals surface area (Å²) in [6.07, 6.45) is 0. The molecule has 0 spiro atoms. The Balaban J connectivity index is 2.02. The van der Waals surface area contributed by atoms with Gasteiger partial charge < -0.3 is 0 Å². The van der Waals surface area contributed by atoms with Gasteiger partial charge in [-0.1, -0.05) is 49.2 Å². The lowest BCUT2D eigenvalue weighted by Gasteiger charge is -2.08. The smallest absolute Gasteiger partial charge is 0.222 e. The van der Waals surface area contributed by atoms with Crippen LogP contribution in [0, 0.1) is 19.8 Å². The highest BCUT2D eigenvalue weighted by Crippen LogP contribution is 2.45.